The van der Waals surface area contributed by atoms with E-state index in [1.165, 1.54) is 24.2 Å². The highest BCUT2D eigenvalue weighted by Gasteiger charge is 2.26. The second kappa shape index (κ2) is 12.0. The first kappa shape index (κ1) is 27.4. The largest absolute Gasteiger partial charge is 0.395 e. The van der Waals surface area contributed by atoms with Gasteiger partial charge >= 0.3 is 0 Å². The van der Waals surface area contributed by atoms with Gasteiger partial charge in [0.2, 0.25) is 10.0 Å². The van der Waals surface area contributed by atoms with Gasteiger partial charge in [-0.1, -0.05) is 11.3 Å². The van der Waals surface area contributed by atoms with Gasteiger partial charge in [-0.05, 0) is 74.8 Å². The minimum atomic E-state index is -3.64. The molecule has 8 bridgehead atoms. The fourth-order valence-corrected chi connectivity index (χ4v) is 7.66. The lowest BCUT2D eigenvalue weighted by atomic mass is 9.93. The number of anilines is 3. The zero-order valence-corrected chi connectivity index (χ0v) is 24.2. The first-order valence-corrected chi connectivity index (χ1v) is 16.6. The van der Waals surface area contributed by atoms with Crippen LogP contribution in [0.3, 0.4) is 0 Å². The van der Waals surface area contributed by atoms with Crippen molar-refractivity contribution in [1.29, 1.82) is 0 Å². The van der Waals surface area contributed by atoms with Gasteiger partial charge in [0, 0.05) is 55.8 Å². The van der Waals surface area contributed by atoms with Crippen LogP contribution in [0, 0.1) is 5.92 Å². The third kappa shape index (κ3) is 6.24. The Labute approximate surface area is 239 Å². The highest BCUT2D eigenvalue weighted by molar-refractivity contribution is 7.92. The molecule has 4 aliphatic heterocycles. The summed E-state index contributed by atoms with van der Waals surface area (Å²) >= 11 is 1.53. The molecule has 2 aromatic heterocycles. The maximum Gasteiger partial charge on any atom is 0.234 e. The van der Waals surface area contributed by atoms with E-state index in [4.69, 9.17) is 14.8 Å². The van der Waals surface area contributed by atoms with Crippen molar-refractivity contribution in [3.8, 4) is 21.1 Å². The minimum Gasteiger partial charge on any atom is -0.395 e. The zero-order valence-electron chi connectivity index (χ0n) is 22.5. The number of fused-ring (bicyclic) bond motifs is 5. The van der Waals surface area contributed by atoms with Gasteiger partial charge in [0.05, 0.1) is 24.2 Å². The van der Waals surface area contributed by atoms with Crippen molar-refractivity contribution in [2.24, 2.45) is 5.92 Å². The maximum absolute atomic E-state index is 12.4. The molecule has 1 aromatic carbocycles. The molecule has 1 atom stereocenters. The second-order valence-electron chi connectivity index (χ2n) is 10.8. The molecule has 0 spiro atoms. The smallest absolute Gasteiger partial charge is 0.234 e. The van der Waals surface area contributed by atoms with E-state index in [-0.39, 0.29) is 11.9 Å². The zero-order chi connectivity index (χ0) is 27.5. The van der Waals surface area contributed by atoms with Crippen LogP contribution in [0.2, 0.25) is 0 Å². The number of ether oxygens (including phenoxy) is 1. The number of hydrogen-bond acceptors (Lipinski definition) is 10. The first-order chi connectivity index (χ1) is 19.5. The lowest BCUT2D eigenvalue weighted by Gasteiger charge is -2.35. The third-order valence-electron chi connectivity index (χ3n) is 8.01. The van der Waals surface area contributed by atoms with E-state index in [1.54, 1.807) is 6.07 Å². The fourth-order valence-electron chi connectivity index (χ4n) is 5.96. The number of pyridine rings is 1. The number of nitrogens with zero attached hydrogens (tertiary/aromatic N) is 5. The van der Waals surface area contributed by atoms with E-state index in [9.17, 15) is 8.42 Å². The van der Waals surface area contributed by atoms with E-state index in [2.05, 4.69) is 30.8 Å². The highest BCUT2D eigenvalue weighted by Crippen LogP contribution is 2.39. The van der Waals surface area contributed by atoms with Crippen LogP contribution in [0.15, 0.2) is 36.5 Å². The van der Waals surface area contributed by atoms with Gasteiger partial charge in [0.1, 0.15) is 15.8 Å². The Morgan fingerprint density at radius 3 is 2.67 bits per heavy atom. The molecule has 4 aliphatic rings. The quantitative estimate of drug-likeness (QED) is 0.469. The van der Waals surface area contributed by atoms with Crippen molar-refractivity contribution in [3.63, 3.8) is 0 Å². The summed E-state index contributed by atoms with van der Waals surface area (Å²) in [6.07, 6.45) is 8.57. The molecule has 214 valence electrons. The Hall–Kier alpha value is -2.80. The van der Waals surface area contributed by atoms with Crippen molar-refractivity contribution in [2.75, 3.05) is 59.7 Å². The molecular weight excluding hydrogens is 548 g/mol. The van der Waals surface area contributed by atoms with Gasteiger partial charge in [-0.2, -0.15) is 0 Å². The number of aliphatic hydroxyl groups is 1. The van der Waals surface area contributed by atoms with Gasteiger partial charge in [-0.3, -0.25) is 4.72 Å². The van der Waals surface area contributed by atoms with Crippen LogP contribution in [-0.2, 0) is 14.8 Å². The molecular formula is C28H36N6O4S2. The van der Waals surface area contributed by atoms with Crippen molar-refractivity contribution in [1.82, 2.24) is 15.2 Å². The summed E-state index contributed by atoms with van der Waals surface area (Å²) < 4.78 is 33.6. The predicted octanol–water partition coefficient (Wildman–Crippen LogP) is 4.00. The number of hydrogen-bond donors (Lipinski definition) is 2. The van der Waals surface area contributed by atoms with E-state index in [1.807, 2.05) is 24.4 Å². The molecule has 2 saturated heterocycles. The molecule has 7 rings (SSSR count). The van der Waals surface area contributed by atoms with Crippen LogP contribution in [0.1, 0.15) is 38.5 Å². The molecule has 10 nitrogen and oxygen atoms in total. The summed E-state index contributed by atoms with van der Waals surface area (Å²) in [5, 5.41) is 19.9. The molecule has 3 aromatic rings. The molecule has 0 amide bonds. The maximum atomic E-state index is 12.4. The predicted molar refractivity (Wildman–Crippen MR) is 158 cm³/mol. The summed E-state index contributed by atoms with van der Waals surface area (Å²) in [5.74, 6) is 1.29. The van der Waals surface area contributed by atoms with Crippen molar-refractivity contribution < 1.29 is 18.3 Å². The van der Waals surface area contributed by atoms with Crippen molar-refractivity contribution >= 4 is 38.6 Å². The minimum absolute atomic E-state index is 0.231. The Balaban J connectivity index is 1.37. The number of rotatable bonds is 4. The Morgan fingerprint density at radius 2 is 1.82 bits per heavy atom. The second-order valence-corrected chi connectivity index (χ2v) is 13.7. The van der Waals surface area contributed by atoms with Gasteiger partial charge in [0.15, 0.2) is 0 Å². The molecule has 2 N–H and O–H groups in total. The molecule has 40 heavy (non-hydrogen) atoms. The summed E-state index contributed by atoms with van der Waals surface area (Å²) in [7, 11) is -3.64. The number of benzene rings is 1. The van der Waals surface area contributed by atoms with Gasteiger partial charge in [-0.25, -0.2) is 13.4 Å². The molecule has 1 unspecified atom stereocenters. The van der Waals surface area contributed by atoms with Crippen LogP contribution in [0.4, 0.5) is 17.2 Å². The van der Waals surface area contributed by atoms with E-state index in [0.29, 0.717) is 11.6 Å². The summed E-state index contributed by atoms with van der Waals surface area (Å²) in [4.78, 5) is 9.38. The van der Waals surface area contributed by atoms with Crippen LogP contribution in [-0.4, -0.2) is 80.0 Å². The standard InChI is InChI=1S/C28H36N6O4S2/c35-14-16-40(36,37)32-22-5-6-24-25(18-22)33-12-8-23(9-13-33)38-15-2-4-20-3-1-11-34(19-20)26-17-21(7-10-29-26)27-30-31-28(24)39-27/h5-7,10,17-18,20,23,32,35H,1-4,8-9,11-16,19H2. The summed E-state index contributed by atoms with van der Waals surface area (Å²) in [6.45, 7) is 4.00. The Bertz CT molecular complexity index is 1420. The average molecular weight is 585 g/mol. The van der Waals surface area contributed by atoms with Gasteiger partial charge in [-0.15, -0.1) is 10.2 Å². The summed E-state index contributed by atoms with van der Waals surface area (Å²) in [6, 6.07) is 9.63. The van der Waals surface area contributed by atoms with E-state index >= 15 is 0 Å². The topological polar surface area (TPSA) is 121 Å². The average Bonchev–Trinajstić information content (AvgIpc) is 3.46. The Morgan fingerprint density at radius 1 is 1.00 bits per heavy atom. The number of aliphatic hydroxyl groups excluding tert-OH is 1. The van der Waals surface area contributed by atoms with Gasteiger partial charge in [0.25, 0.3) is 0 Å². The summed E-state index contributed by atoms with van der Waals surface area (Å²) in [5.41, 5.74) is 3.29. The van der Waals surface area contributed by atoms with Crippen molar-refractivity contribution in [2.45, 2.75) is 44.6 Å². The van der Waals surface area contributed by atoms with Gasteiger partial charge < -0.3 is 19.6 Å². The van der Waals surface area contributed by atoms with Crippen molar-refractivity contribution in [3.05, 3.63) is 36.5 Å². The first-order valence-electron chi connectivity index (χ1n) is 14.1. The van der Waals surface area contributed by atoms with Crippen LogP contribution >= 0.6 is 11.3 Å². The molecule has 0 radical (unpaired) electrons. The normalized spacial score (nSPS) is 21.7. The Kier molecular flexibility index (Phi) is 8.20. The highest BCUT2D eigenvalue weighted by atomic mass is 32.2. The fraction of sp³-hybridized carbons (Fsp3) is 0.536. The third-order valence-corrected chi connectivity index (χ3v) is 10.3. The number of piperidine rings is 2. The van der Waals surface area contributed by atoms with E-state index < -0.39 is 16.6 Å². The molecule has 0 saturated carbocycles. The SMILES string of the molecule is O=S(=O)(CCO)Nc1ccc2c(c1)N1CCC(CC1)OCCCC1CCCN(C1)c1cc(ccn1)-c1nnc-2s1. The number of sulfonamides is 1. The monoisotopic (exact) mass is 584 g/mol. The molecule has 6 heterocycles. The van der Waals surface area contributed by atoms with E-state index in [0.717, 1.165) is 91.1 Å². The van der Waals surface area contributed by atoms with Crippen LogP contribution in [0.5, 0.6) is 0 Å². The van der Waals surface area contributed by atoms with Crippen LogP contribution in [0.25, 0.3) is 21.1 Å². The molecule has 12 heteroatoms. The lowest BCUT2D eigenvalue weighted by Crippen LogP contribution is -2.37. The molecule has 2 fully saturated rings. The lowest BCUT2D eigenvalue weighted by molar-refractivity contribution is 0.0330. The number of nitrogens with one attached hydrogen (secondary N) is 1. The van der Waals surface area contributed by atoms with Crippen LogP contribution < -0.4 is 14.5 Å². The number of aromatic nitrogens is 3. The molecule has 0 aliphatic carbocycles.